The number of amides is 1. The number of nitrogens with one attached hydrogen (secondary N) is 3. The van der Waals surface area contributed by atoms with E-state index in [4.69, 9.17) is 0 Å². The van der Waals surface area contributed by atoms with Crippen molar-refractivity contribution in [2.45, 2.75) is 65.3 Å². The van der Waals surface area contributed by atoms with Crippen molar-refractivity contribution in [2.75, 3.05) is 30.8 Å². The van der Waals surface area contributed by atoms with Crippen molar-refractivity contribution in [1.29, 1.82) is 5.26 Å². The number of carbonyl (C=O) groups is 1. The molecule has 47 heavy (non-hydrogen) atoms. The summed E-state index contributed by atoms with van der Waals surface area (Å²) in [6.45, 7) is 12.4. The molecule has 1 saturated heterocycles. The van der Waals surface area contributed by atoms with Crippen LogP contribution in [0.2, 0.25) is 0 Å². The van der Waals surface area contributed by atoms with Gasteiger partial charge in [-0.25, -0.2) is 4.98 Å². The number of nitriles is 1. The van der Waals surface area contributed by atoms with Gasteiger partial charge in [0.25, 0.3) is 0 Å². The van der Waals surface area contributed by atoms with Crippen molar-refractivity contribution in [3.8, 4) is 18.9 Å². The quantitative estimate of drug-likeness (QED) is 0.164. The van der Waals surface area contributed by atoms with Crippen LogP contribution >= 0.6 is 11.3 Å². The van der Waals surface area contributed by atoms with Gasteiger partial charge in [-0.2, -0.15) is 23.4 Å². The number of terminal acetylenes is 1. The molecule has 0 spiro atoms. The van der Waals surface area contributed by atoms with E-state index in [1.165, 1.54) is 5.56 Å². The third kappa shape index (κ3) is 8.42. The number of fused-ring (bicyclic) bond motifs is 2. The summed E-state index contributed by atoms with van der Waals surface area (Å²) < 4.78 is 41.0. The van der Waals surface area contributed by atoms with Gasteiger partial charge in [0.2, 0.25) is 11.9 Å². The van der Waals surface area contributed by atoms with E-state index >= 15 is 0 Å². The minimum absolute atomic E-state index is 0.109. The van der Waals surface area contributed by atoms with Crippen molar-refractivity contribution >= 4 is 50.1 Å². The summed E-state index contributed by atoms with van der Waals surface area (Å²) in [5, 5.41) is 20.7. The Morgan fingerprint density at radius 2 is 1.89 bits per heavy atom. The third-order valence-electron chi connectivity index (χ3n) is 8.12. The molecule has 4 heterocycles. The van der Waals surface area contributed by atoms with E-state index in [0.29, 0.717) is 39.9 Å². The van der Waals surface area contributed by atoms with Crippen LogP contribution in [0.1, 0.15) is 48.4 Å². The summed E-state index contributed by atoms with van der Waals surface area (Å²) in [5.41, 5.74) is 4.24. The minimum Gasteiger partial charge on any atom is -0.367 e. The van der Waals surface area contributed by atoms with Crippen molar-refractivity contribution in [3.05, 3.63) is 58.2 Å². The average Bonchev–Trinajstić information content (AvgIpc) is 3.60. The van der Waals surface area contributed by atoms with Crippen LogP contribution in [0, 0.1) is 37.0 Å². The van der Waals surface area contributed by atoms with E-state index in [-0.39, 0.29) is 22.7 Å². The zero-order valence-electron chi connectivity index (χ0n) is 27.0. The monoisotopic (exact) mass is 664 g/mol. The maximum atomic E-state index is 13.0. The van der Waals surface area contributed by atoms with Gasteiger partial charge in [-0.15, -0.1) is 24.2 Å². The summed E-state index contributed by atoms with van der Waals surface area (Å²) in [7, 11) is 1.69. The first kappa shape index (κ1) is 35.3. The molecule has 13 heteroatoms. The van der Waals surface area contributed by atoms with E-state index in [1.807, 2.05) is 30.5 Å². The molecule has 1 aromatic carbocycles. The molecule has 9 nitrogen and oxygen atoms in total. The Kier molecular flexibility index (Phi) is 11.2. The molecular weight excluding hydrogens is 625 g/mol. The van der Waals surface area contributed by atoms with Gasteiger partial charge in [0.05, 0.1) is 18.4 Å². The van der Waals surface area contributed by atoms with E-state index in [1.54, 1.807) is 13.1 Å². The van der Waals surface area contributed by atoms with Gasteiger partial charge in [-0.3, -0.25) is 9.69 Å². The largest absolute Gasteiger partial charge is 0.393 e. The number of piperidine rings is 1. The van der Waals surface area contributed by atoms with Crippen LogP contribution in [0.15, 0.2) is 36.5 Å². The molecule has 0 saturated carbocycles. The fourth-order valence-corrected chi connectivity index (χ4v) is 6.71. The summed E-state index contributed by atoms with van der Waals surface area (Å²) in [5.74, 6) is 0.645. The predicted molar refractivity (Wildman–Crippen MR) is 182 cm³/mol. The maximum Gasteiger partial charge on any atom is 0.393 e. The number of aryl methyl sites for hydroxylation is 1. The Labute approximate surface area is 276 Å². The van der Waals surface area contributed by atoms with Gasteiger partial charge >= 0.3 is 6.18 Å². The number of thiophene rings is 1. The topological polar surface area (TPSA) is 111 Å². The lowest BCUT2D eigenvalue weighted by Crippen LogP contribution is -2.39. The highest BCUT2D eigenvalue weighted by atomic mass is 32.1. The average molecular weight is 665 g/mol. The summed E-state index contributed by atoms with van der Waals surface area (Å²) in [6, 6.07) is 9.97. The Morgan fingerprint density at radius 3 is 2.51 bits per heavy atom. The van der Waals surface area contributed by atoms with E-state index < -0.39 is 12.6 Å². The summed E-state index contributed by atoms with van der Waals surface area (Å²) >= 11 is 1.04. The zero-order valence-corrected chi connectivity index (χ0v) is 27.8. The second kappa shape index (κ2) is 14.9. The van der Waals surface area contributed by atoms with Crippen molar-refractivity contribution < 1.29 is 18.0 Å². The van der Waals surface area contributed by atoms with E-state index in [9.17, 15) is 23.2 Å². The van der Waals surface area contributed by atoms with Crippen LogP contribution < -0.4 is 16.0 Å². The second-order valence-corrected chi connectivity index (χ2v) is 12.9. The van der Waals surface area contributed by atoms with E-state index in [2.05, 4.69) is 69.3 Å². The highest BCUT2D eigenvalue weighted by Crippen LogP contribution is 2.35. The minimum atomic E-state index is -4.28. The molecule has 0 aliphatic carbocycles. The Morgan fingerprint density at radius 1 is 1.19 bits per heavy atom. The lowest BCUT2D eigenvalue weighted by molar-refractivity contribution is -0.126. The molecule has 3 N–H and O–H groups in total. The standard InChI is InChI=1S/C32H37F3N8OS.C2H2/c1-18(2)29(44)38-19(3)16-43-23(15-36)12-25-20(4)21(6-7-27(25)43)17-42-10-8-22(9-11-42)39-28-26-13-24(14-32(33,34)35)45-30(26)41-31(37-5)40-28;1-2/h6-7,12-13,18,22H,3,8-11,14,16-17H2,1-2,4-5H3,(H,38,44)(H2,37,39,40,41);1-2H. The fraction of sp³-hybridized carbons (Fsp3) is 0.412. The number of alkyl halides is 3. The van der Waals surface area contributed by atoms with Crippen LogP contribution in [-0.4, -0.2) is 57.7 Å². The molecule has 0 radical (unpaired) electrons. The highest BCUT2D eigenvalue weighted by molar-refractivity contribution is 7.18. The smallest absolute Gasteiger partial charge is 0.367 e. The normalized spacial score (nSPS) is 14.1. The first-order valence-corrected chi connectivity index (χ1v) is 16.0. The molecule has 1 aliphatic rings. The van der Waals surface area contributed by atoms with E-state index in [0.717, 1.165) is 60.3 Å². The van der Waals surface area contributed by atoms with Crippen molar-refractivity contribution in [1.82, 2.24) is 24.8 Å². The molecule has 5 rings (SSSR count). The fourth-order valence-electron chi connectivity index (χ4n) is 5.65. The SMILES string of the molecule is C#C.C=C(Cn1c(C#N)cc2c(C)c(CN3CCC(Nc4nc(NC)nc5sc(CC(F)(F)F)cc45)CC3)ccc21)NC(=O)C(C)C. The van der Waals surface area contributed by atoms with Gasteiger partial charge < -0.3 is 20.5 Å². The van der Waals surface area contributed by atoms with Crippen LogP contribution in [-0.2, 0) is 24.3 Å². The first-order valence-electron chi connectivity index (χ1n) is 15.2. The lowest BCUT2D eigenvalue weighted by atomic mass is 10.0. The summed E-state index contributed by atoms with van der Waals surface area (Å²) in [4.78, 5) is 24.2. The number of nitrogens with zero attached hydrogens (tertiary/aromatic N) is 5. The number of aromatic nitrogens is 3. The number of anilines is 2. The predicted octanol–water partition coefficient (Wildman–Crippen LogP) is 6.58. The number of carbonyl (C=O) groups excluding carboxylic acids is 1. The molecule has 248 valence electrons. The van der Waals surface area contributed by atoms with Crippen LogP contribution in [0.4, 0.5) is 24.9 Å². The van der Waals surface area contributed by atoms with Crippen molar-refractivity contribution in [3.63, 3.8) is 0 Å². The molecule has 4 aromatic rings. The number of rotatable bonds is 10. The molecule has 0 bridgehead atoms. The Balaban J connectivity index is 0.00000245. The molecule has 0 atom stereocenters. The first-order chi connectivity index (χ1) is 22.3. The number of halogens is 3. The molecule has 1 fully saturated rings. The van der Waals surface area contributed by atoms with Gasteiger partial charge in [-0.1, -0.05) is 26.5 Å². The van der Waals surface area contributed by atoms with Gasteiger partial charge in [-0.05, 0) is 49.1 Å². The molecular formula is C34H39F3N8OS. The van der Waals surface area contributed by atoms with Gasteiger partial charge in [0.1, 0.15) is 22.4 Å². The Hall–Kier alpha value is -4.59. The lowest BCUT2D eigenvalue weighted by Gasteiger charge is -2.33. The van der Waals surface area contributed by atoms with Crippen LogP contribution in [0.25, 0.3) is 21.1 Å². The number of likely N-dealkylation sites (tertiary alicyclic amines) is 1. The number of allylic oxidation sites excluding steroid dienone is 1. The van der Waals surface area contributed by atoms with Gasteiger partial charge in [0.15, 0.2) is 0 Å². The third-order valence-corrected chi connectivity index (χ3v) is 9.15. The number of benzene rings is 1. The second-order valence-electron chi connectivity index (χ2n) is 11.8. The van der Waals surface area contributed by atoms with Crippen LogP contribution in [0.5, 0.6) is 0 Å². The summed E-state index contributed by atoms with van der Waals surface area (Å²) in [6.07, 6.45) is 4.42. The maximum absolute atomic E-state index is 13.0. The zero-order chi connectivity index (χ0) is 34.5. The van der Waals surface area contributed by atoms with Crippen LogP contribution in [0.3, 0.4) is 0 Å². The number of hydrogen-bond donors (Lipinski definition) is 3. The van der Waals surface area contributed by atoms with Gasteiger partial charge in [0, 0.05) is 60.1 Å². The molecule has 1 aliphatic heterocycles. The molecule has 0 unspecified atom stereocenters. The number of hydrogen-bond acceptors (Lipinski definition) is 8. The molecule has 1 amide bonds. The Bertz CT molecular complexity index is 1820. The highest BCUT2D eigenvalue weighted by Gasteiger charge is 2.29. The molecule has 3 aromatic heterocycles. The van der Waals surface area contributed by atoms with Crippen molar-refractivity contribution in [2.24, 2.45) is 5.92 Å².